The van der Waals surface area contributed by atoms with Crippen LogP contribution in [0.3, 0.4) is 0 Å². The minimum atomic E-state index is -0.121. The lowest BCUT2D eigenvalue weighted by Gasteiger charge is -2.29. The second kappa shape index (κ2) is 6.08. The SMILES string of the molecule is CCC(CN)C(=O)OC1CCN(C)CC1. The Labute approximate surface area is 91.8 Å². The summed E-state index contributed by atoms with van der Waals surface area (Å²) < 4.78 is 5.44. The van der Waals surface area contributed by atoms with Crippen LogP contribution in [0.5, 0.6) is 0 Å². The van der Waals surface area contributed by atoms with Crippen molar-refractivity contribution >= 4 is 5.97 Å². The van der Waals surface area contributed by atoms with Gasteiger partial charge in [0.2, 0.25) is 0 Å². The van der Waals surface area contributed by atoms with Gasteiger partial charge in [-0.1, -0.05) is 6.92 Å². The van der Waals surface area contributed by atoms with E-state index in [0.29, 0.717) is 6.54 Å². The Morgan fingerprint density at radius 2 is 2.13 bits per heavy atom. The number of likely N-dealkylation sites (tertiary alicyclic amines) is 1. The van der Waals surface area contributed by atoms with Crippen molar-refractivity contribution in [2.24, 2.45) is 11.7 Å². The largest absolute Gasteiger partial charge is 0.462 e. The number of piperidine rings is 1. The van der Waals surface area contributed by atoms with Gasteiger partial charge in [0.25, 0.3) is 0 Å². The number of hydrogen-bond acceptors (Lipinski definition) is 4. The van der Waals surface area contributed by atoms with Gasteiger partial charge in [-0.05, 0) is 26.3 Å². The first kappa shape index (κ1) is 12.5. The molecule has 0 bridgehead atoms. The third-order valence-electron chi connectivity index (χ3n) is 3.06. The molecule has 0 saturated carbocycles. The lowest BCUT2D eigenvalue weighted by molar-refractivity contribution is -0.155. The van der Waals surface area contributed by atoms with Crippen molar-refractivity contribution in [2.45, 2.75) is 32.3 Å². The zero-order chi connectivity index (χ0) is 11.3. The highest BCUT2D eigenvalue weighted by Gasteiger charge is 2.23. The molecule has 4 nitrogen and oxygen atoms in total. The predicted octanol–water partition coefficient (Wildman–Crippen LogP) is 0.609. The highest BCUT2D eigenvalue weighted by Crippen LogP contribution is 2.14. The van der Waals surface area contributed by atoms with E-state index in [-0.39, 0.29) is 18.0 Å². The van der Waals surface area contributed by atoms with E-state index in [1.165, 1.54) is 0 Å². The van der Waals surface area contributed by atoms with E-state index < -0.39 is 0 Å². The molecule has 1 aliphatic heterocycles. The number of rotatable bonds is 4. The number of carbonyl (C=O) groups excluding carboxylic acids is 1. The van der Waals surface area contributed by atoms with Crippen molar-refractivity contribution < 1.29 is 9.53 Å². The Bertz CT molecular complexity index is 197. The first-order chi connectivity index (χ1) is 7.17. The summed E-state index contributed by atoms with van der Waals surface area (Å²) in [4.78, 5) is 13.9. The number of esters is 1. The molecule has 0 amide bonds. The molecule has 1 heterocycles. The van der Waals surface area contributed by atoms with Crippen LogP contribution >= 0.6 is 0 Å². The van der Waals surface area contributed by atoms with Gasteiger partial charge in [0.05, 0.1) is 5.92 Å². The molecule has 0 radical (unpaired) electrons. The standard InChI is InChI=1S/C11H22N2O2/c1-3-9(8-12)11(14)15-10-4-6-13(2)7-5-10/h9-10H,3-8,12H2,1-2H3. The van der Waals surface area contributed by atoms with Gasteiger partial charge in [-0.25, -0.2) is 0 Å². The van der Waals surface area contributed by atoms with Crippen LogP contribution in [0.15, 0.2) is 0 Å². The summed E-state index contributed by atoms with van der Waals surface area (Å²) in [7, 11) is 2.09. The quantitative estimate of drug-likeness (QED) is 0.697. The molecule has 0 aromatic carbocycles. The van der Waals surface area contributed by atoms with Crippen LogP contribution in [0.2, 0.25) is 0 Å². The Balaban J connectivity index is 2.31. The fourth-order valence-electron chi connectivity index (χ4n) is 1.79. The Hall–Kier alpha value is -0.610. The summed E-state index contributed by atoms with van der Waals surface area (Å²) in [5, 5.41) is 0. The van der Waals surface area contributed by atoms with E-state index in [4.69, 9.17) is 10.5 Å². The van der Waals surface area contributed by atoms with Gasteiger partial charge in [-0.2, -0.15) is 0 Å². The van der Waals surface area contributed by atoms with Gasteiger partial charge in [0, 0.05) is 19.6 Å². The number of nitrogens with zero attached hydrogens (tertiary/aromatic N) is 1. The van der Waals surface area contributed by atoms with Gasteiger partial charge in [0.1, 0.15) is 6.10 Å². The zero-order valence-electron chi connectivity index (χ0n) is 9.74. The minimum absolute atomic E-state index is 0.106. The van der Waals surface area contributed by atoms with Crippen LogP contribution in [0.25, 0.3) is 0 Å². The third kappa shape index (κ3) is 3.80. The molecule has 1 rings (SSSR count). The maximum atomic E-state index is 11.6. The van der Waals surface area contributed by atoms with E-state index >= 15 is 0 Å². The fraction of sp³-hybridized carbons (Fsp3) is 0.909. The number of nitrogens with two attached hydrogens (primary N) is 1. The van der Waals surface area contributed by atoms with Crippen molar-refractivity contribution in [1.29, 1.82) is 0 Å². The highest BCUT2D eigenvalue weighted by atomic mass is 16.5. The van der Waals surface area contributed by atoms with Crippen LogP contribution in [-0.2, 0) is 9.53 Å². The first-order valence-electron chi connectivity index (χ1n) is 5.76. The topological polar surface area (TPSA) is 55.6 Å². The van der Waals surface area contributed by atoms with E-state index in [2.05, 4.69) is 11.9 Å². The summed E-state index contributed by atoms with van der Waals surface area (Å²) in [5.74, 6) is -0.237. The first-order valence-corrected chi connectivity index (χ1v) is 5.76. The second-order valence-corrected chi connectivity index (χ2v) is 4.28. The Kier molecular flexibility index (Phi) is 5.05. The molecule has 4 heteroatoms. The van der Waals surface area contributed by atoms with E-state index in [0.717, 1.165) is 32.4 Å². The molecule has 1 aliphatic rings. The smallest absolute Gasteiger partial charge is 0.310 e. The molecule has 0 aromatic rings. The summed E-state index contributed by atoms with van der Waals surface area (Å²) in [6, 6.07) is 0. The molecule has 88 valence electrons. The molecule has 0 aromatic heterocycles. The highest BCUT2D eigenvalue weighted by molar-refractivity contribution is 5.72. The van der Waals surface area contributed by atoms with Gasteiger partial charge >= 0.3 is 5.97 Å². The van der Waals surface area contributed by atoms with Crippen LogP contribution in [-0.4, -0.2) is 43.7 Å². The van der Waals surface area contributed by atoms with Gasteiger partial charge in [-0.3, -0.25) is 4.79 Å². The summed E-state index contributed by atoms with van der Waals surface area (Å²) in [5.41, 5.74) is 5.50. The summed E-state index contributed by atoms with van der Waals surface area (Å²) in [6.07, 6.45) is 2.77. The van der Waals surface area contributed by atoms with Crippen LogP contribution in [0.4, 0.5) is 0 Å². The van der Waals surface area contributed by atoms with Gasteiger partial charge in [0.15, 0.2) is 0 Å². The molecule has 15 heavy (non-hydrogen) atoms. The average Bonchev–Trinajstić information content (AvgIpc) is 2.23. The minimum Gasteiger partial charge on any atom is -0.462 e. The van der Waals surface area contributed by atoms with Crippen LogP contribution in [0.1, 0.15) is 26.2 Å². The molecular weight excluding hydrogens is 192 g/mol. The average molecular weight is 214 g/mol. The van der Waals surface area contributed by atoms with Crippen LogP contribution in [0, 0.1) is 5.92 Å². The van der Waals surface area contributed by atoms with Crippen molar-refractivity contribution in [3.05, 3.63) is 0 Å². The van der Waals surface area contributed by atoms with Crippen LogP contribution < -0.4 is 5.73 Å². The maximum absolute atomic E-state index is 11.6. The van der Waals surface area contributed by atoms with E-state index in [1.54, 1.807) is 0 Å². The second-order valence-electron chi connectivity index (χ2n) is 4.28. The predicted molar refractivity (Wildman–Crippen MR) is 59.4 cm³/mol. The molecule has 1 unspecified atom stereocenters. The monoisotopic (exact) mass is 214 g/mol. The van der Waals surface area contributed by atoms with Gasteiger partial charge < -0.3 is 15.4 Å². The van der Waals surface area contributed by atoms with Crippen molar-refractivity contribution in [3.8, 4) is 0 Å². The lowest BCUT2D eigenvalue weighted by atomic mass is 10.1. The molecule has 1 atom stereocenters. The summed E-state index contributed by atoms with van der Waals surface area (Å²) >= 11 is 0. The number of ether oxygens (including phenoxy) is 1. The third-order valence-corrected chi connectivity index (χ3v) is 3.06. The molecule has 2 N–H and O–H groups in total. The summed E-state index contributed by atoms with van der Waals surface area (Å²) in [6.45, 7) is 4.38. The molecule has 1 fully saturated rings. The normalized spacial score (nSPS) is 21.3. The number of hydrogen-bond donors (Lipinski definition) is 1. The molecule has 0 spiro atoms. The van der Waals surface area contributed by atoms with Crippen molar-refractivity contribution in [1.82, 2.24) is 4.90 Å². The molecule has 0 aliphatic carbocycles. The molecular formula is C11H22N2O2. The molecule has 1 saturated heterocycles. The van der Waals surface area contributed by atoms with Crippen molar-refractivity contribution in [2.75, 3.05) is 26.7 Å². The Morgan fingerprint density at radius 1 is 1.53 bits per heavy atom. The maximum Gasteiger partial charge on any atom is 0.310 e. The van der Waals surface area contributed by atoms with E-state index in [1.807, 2.05) is 6.92 Å². The Morgan fingerprint density at radius 3 is 2.60 bits per heavy atom. The fourth-order valence-corrected chi connectivity index (χ4v) is 1.79. The zero-order valence-corrected chi connectivity index (χ0v) is 9.74. The lowest BCUT2D eigenvalue weighted by Crippen LogP contribution is -2.37. The van der Waals surface area contributed by atoms with E-state index in [9.17, 15) is 4.79 Å². The number of carbonyl (C=O) groups is 1. The van der Waals surface area contributed by atoms with Gasteiger partial charge in [-0.15, -0.1) is 0 Å². The van der Waals surface area contributed by atoms with Crippen molar-refractivity contribution in [3.63, 3.8) is 0 Å².